The third-order valence-electron chi connectivity index (χ3n) is 8.70. The van der Waals surface area contributed by atoms with E-state index in [0.29, 0.717) is 38.7 Å². The van der Waals surface area contributed by atoms with Crippen molar-refractivity contribution in [3.63, 3.8) is 0 Å². The fraction of sp³-hybridized carbons (Fsp3) is 0.429. The van der Waals surface area contributed by atoms with Crippen LogP contribution >= 0.6 is 0 Å². The normalized spacial score (nSPS) is 14.5. The van der Waals surface area contributed by atoms with E-state index in [0.717, 1.165) is 69.9 Å². The number of hydrogen-bond acceptors (Lipinski definition) is 5. The maximum atomic E-state index is 14.0. The van der Waals surface area contributed by atoms with Crippen LogP contribution in [0.5, 0.6) is 0 Å². The van der Waals surface area contributed by atoms with E-state index in [4.69, 9.17) is 0 Å². The summed E-state index contributed by atoms with van der Waals surface area (Å²) in [7, 11) is 3.85. The van der Waals surface area contributed by atoms with Crippen LogP contribution in [0.3, 0.4) is 0 Å². The van der Waals surface area contributed by atoms with Crippen LogP contribution in [0.2, 0.25) is 0 Å². The molecule has 42 heavy (non-hydrogen) atoms. The summed E-state index contributed by atoms with van der Waals surface area (Å²) in [6.07, 6.45) is 10.2. The molecule has 7 nitrogen and oxygen atoms in total. The largest absolute Gasteiger partial charge is 0.378 e. The van der Waals surface area contributed by atoms with Gasteiger partial charge in [-0.3, -0.25) is 24.1 Å². The standard InChI is InChI=1S/C35H41N3O4/c1-5-7-9-11-13-24(14-12-10-8-6-2)37-32(39)26-19-21-28-31-29(22-20-27(30(26)31)33(37)40)35(42)38(34(28)41)25-17-15-23(16-18-25)36(3)4/h15-22,24H,5-14H2,1-4H3. The zero-order valence-electron chi connectivity index (χ0n) is 25.2. The molecule has 0 radical (unpaired) electrons. The third-order valence-corrected chi connectivity index (χ3v) is 8.70. The minimum Gasteiger partial charge on any atom is -0.378 e. The lowest BCUT2D eigenvalue weighted by Gasteiger charge is -2.36. The number of hydrogen-bond donors (Lipinski definition) is 0. The van der Waals surface area contributed by atoms with E-state index in [2.05, 4.69) is 13.8 Å². The van der Waals surface area contributed by atoms with Gasteiger partial charge in [0.2, 0.25) is 0 Å². The monoisotopic (exact) mass is 567 g/mol. The summed E-state index contributed by atoms with van der Waals surface area (Å²) in [4.78, 5) is 60.1. The van der Waals surface area contributed by atoms with Crippen LogP contribution in [-0.2, 0) is 0 Å². The van der Waals surface area contributed by atoms with E-state index in [1.165, 1.54) is 9.80 Å². The number of nitrogens with zero attached hydrogens (tertiary/aromatic N) is 3. The molecular weight excluding hydrogens is 526 g/mol. The first-order valence-electron chi connectivity index (χ1n) is 15.4. The highest BCUT2D eigenvalue weighted by Crippen LogP contribution is 2.40. The van der Waals surface area contributed by atoms with Gasteiger partial charge in [0.25, 0.3) is 23.6 Å². The van der Waals surface area contributed by atoms with Gasteiger partial charge in [-0.05, 0) is 61.4 Å². The highest BCUT2D eigenvalue weighted by molar-refractivity contribution is 6.39. The average Bonchev–Trinajstić information content (AvgIpc) is 2.99. The molecule has 0 aliphatic carbocycles. The minimum absolute atomic E-state index is 0.168. The molecule has 0 spiro atoms. The van der Waals surface area contributed by atoms with Crippen molar-refractivity contribution in [1.82, 2.24) is 4.90 Å². The number of benzene rings is 3. The lowest BCUT2D eigenvalue weighted by atomic mass is 9.85. The number of amides is 4. The van der Waals surface area contributed by atoms with E-state index >= 15 is 0 Å². The lowest BCUT2D eigenvalue weighted by Crippen LogP contribution is -2.48. The minimum atomic E-state index is -0.458. The van der Waals surface area contributed by atoms with Crippen molar-refractivity contribution in [2.24, 2.45) is 0 Å². The molecule has 3 aromatic carbocycles. The molecule has 0 bridgehead atoms. The van der Waals surface area contributed by atoms with Gasteiger partial charge in [0, 0.05) is 58.9 Å². The Morgan fingerprint density at radius 2 is 1.00 bits per heavy atom. The van der Waals surface area contributed by atoms with Crippen LogP contribution in [0.4, 0.5) is 11.4 Å². The molecule has 0 saturated carbocycles. The molecule has 0 aromatic heterocycles. The van der Waals surface area contributed by atoms with Crippen molar-refractivity contribution in [1.29, 1.82) is 0 Å². The van der Waals surface area contributed by atoms with Crippen LogP contribution in [0, 0.1) is 0 Å². The molecule has 220 valence electrons. The fourth-order valence-electron chi connectivity index (χ4n) is 6.38. The molecule has 0 fully saturated rings. The predicted octanol–water partition coefficient (Wildman–Crippen LogP) is 7.61. The molecule has 3 aromatic rings. The second-order valence-corrected chi connectivity index (χ2v) is 11.8. The lowest BCUT2D eigenvalue weighted by molar-refractivity contribution is 0.0516. The quantitative estimate of drug-likeness (QED) is 0.157. The first kappa shape index (κ1) is 29.5. The van der Waals surface area contributed by atoms with Gasteiger partial charge in [-0.25, -0.2) is 4.90 Å². The summed E-state index contributed by atoms with van der Waals surface area (Å²) in [5, 5.41) is 0.834. The number of carbonyl (C=O) groups is 4. The van der Waals surface area contributed by atoms with Crippen molar-refractivity contribution in [2.75, 3.05) is 23.9 Å². The summed E-state index contributed by atoms with van der Waals surface area (Å²) in [6, 6.07) is 13.7. The van der Waals surface area contributed by atoms with Gasteiger partial charge < -0.3 is 4.90 Å². The molecule has 0 unspecified atom stereocenters. The summed E-state index contributed by atoms with van der Waals surface area (Å²) in [5.74, 6) is -1.57. The molecule has 2 aliphatic heterocycles. The van der Waals surface area contributed by atoms with Crippen LogP contribution in [0.1, 0.15) is 119 Å². The molecule has 0 saturated heterocycles. The summed E-state index contributed by atoms with van der Waals surface area (Å²) < 4.78 is 0. The Labute approximate surface area is 248 Å². The van der Waals surface area contributed by atoms with Crippen molar-refractivity contribution >= 4 is 45.8 Å². The van der Waals surface area contributed by atoms with E-state index in [-0.39, 0.29) is 17.9 Å². The summed E-state index contributed by atoms with van der Waals surface area (Å²) >= 11 is 0. The maximum Gasteiger partial charge on any atom is 0.265 e. The molecule has 7 heteroatoms. The Kier molecular flexibility index (Phi) is 8.76. The van der Waals surface area contributed by atoms with E-state index in [1.54, 1.807) is 36.4 Å². The topological polar surface area (TPSA) is 78.0 Å². The van der Waals surface area contributed by atoms with Crippen LogP contribution in [-0.4, -0.2) is 48.7 Å². The molecular formula is C35H41N3O4. The second kappa shape index (κ2) is 12.5. The Bertz CT molecular complexity index is 1440. The van der Waals surface area contributed by atoms with Gasteiger partial charge in [0.05, 0.1) is 5.69 Å². The predicted molar refractivity (Wildman–Crippen MR) is 168 cm³/mol. The van der Waals surface area contributed by atoms with Gasteiger partial charge in [-0.15, -0.1) is 0 Å². The van der Waals surface area contributed by atoms with Gasteiger partial charge in [-0.2, -0.15) is 0 Å². The van der Waals surface area contributed by atoms with Crippen molar-refractivity contribution < 1.29 is 19.2 Å². The number of rotatable bonds is 13. The van der Waals surface area contributed by atoms with Gasteiger partial charge in [0.15, 0.2) is 0 Å². The Morgan fingerprint density at radius 3 is 1.40 bits per heavy atom. The molecule has 0 N–H and O–H groups in total. The summed E-state index contributed by atoms with van der Waals surface area (Å²) in [5.41, 5.74) is 2.86. The molecule has 5 rings (SSSR count). The van der Waals surface area contributed by atoms with Crippen LogP contribution in [0.25, 0.3) is 10.8 Å². The first-order chi connectivity index (χ1) is 20.3. The number of imide groups is 2. The summed E-state index contributed by atoms with van der Waals surface area (Å²) in [6.45, 7) is 4.34. The average molecular weight is 568 g/mol. The number of carbonyl (C=O) groups excluding carboxylic acids is 4. The SMILES string of the molecule is CCCCCCC(CCCCCC)N1C(=O)c2ccc3c4c(ccc(c24)C1=O)C(=O)N(c1ccc(N(C)C)cc1)C3=O. The first-order valence-corrected chi connectivity index (χ1v) is 15.4. The van der Waals surface area contributed by atoms with E-state index in [9.17, 15) is 19.2 Å². The van der Waals surface area contributed by atoms with Crippen molar-refractivity contribution in [3.8, 4) is 0 Å². The molecule has 0 atom stereocenters. The highest BCUT2D eigenvalue weighted by Gasteiger charge is 2.41. The fourth-order valence-corrected chi connectivity index (χ4v) is 6.38. The maximum absolute atomic E-state index is 14.0. The van der Waals surface area contributed by atoms with Crippen molar-refractivity contribution in [3.05, 3.63) is 70.8 Å². The van der Waals surface area contributed by atoms with E-state index in [1.807, 2.05) is 31.1 Å². The smallest absolute Gasteiger partial charge is 0.265 e. The zero-order valence-corrected chi connectivity index (χ0v) is 25.2. The highest BCUT2D eigenvalue weighted by atomic mass is 16.2. The van der Waals surface area contributed by atoms with Crippen molar-refractivity contribution in [2.45, 2.75) is 84.1 Å². The van der Waals surface area contributed by atoms with E-state index < -0.39 is 11.8 Å². The van der Waals surface area contributed by atoms with Gasteiger partial charge in [-0.1, -0.05) is 65.2 Å². The molecule has 2 aliphatic rings. The number of unbranched alkanes of at least 4 members (excludes halogenated alkanes) is 6. The Balaban J connectivity index is 1.52. The number of anilines is 2. The zero-order chi connectivity index (χ0) is 30.0. The second-order valence-electron chi connectivity index (χ2n) is 11.8. The van der Waals surface area contributed by atoms with Crippen LogP contribution in [0.15, 0.2) is 48.5 Å². The Hall–Kier alpha value is -4.00. The van der Waals surface area contributed by atoms with Gasteiger partial charge >= 0.3 is 0 Å². The molecule has 2 heterocycles. The van der Waals surface area contributed by atoms with Crippen LogP contribution < -0.4 is 9.80 Å². The third kappa shape index (κ3) is 5.21. The molecule has 4 amide bonds. The Morgan fingerprint density at radius 1 is 0.571 bits per heavy atom. The van der Waals surface area contributed by atoms with Gasteiger partial charge in [0.1, 0.15) is 0 Å².